The summed E-state index contributed by atoms with van der Waals surface area (Å²) in [4.78, 5) is 12.2. The third-order valence-electron chi connectivity index (χ3n) is 3.77. The lowest BCUT2D eigenvalue weighted by molar-refractivity contribution is 1.30. The molecule has 0 saturated heterocycles. The number of nitrogen functional groups attached to an aromatic ring is 1. The Morgan fingerprint density at radius 3 is 2.57 bits per heavy atom. The minimum absolute atomic E-state index is 0.713. The van der Waals surface area contributed by atoms with E-state index in [1.807, 2.05) is 31.2 Å². The van der Waals surface area contributed by atoms with Crippen molar-refractivity contribution in [2.75, 3.05) is 5.73 Å². The van der Waals surface area contributed by atoms with Crippen LogP contribution in [0.4, 0.5) is 5.69 Å². The van der Waals surface area contributed by atoms with Gasteiger partial charge in [0.1, 0.15) is 5.82 Å². The largest absolute Gasteiger partial charge is 0.398 e. The quantitative estimate of drug-likeness (QED) is 0.520. The molecule has 0 aliphatic rings. The number of benzene rings is 2. The smallest absolute Gasteiger partial charge is 0.178 e. The van der Waals surface area contributed by atoms with Crippen LogP contribution in [0.25, 0.3) is 33.3 Å². The van der Waals surface area contributed by atoms with E-state index < -0.39 is 0 Å². The maximum atomic E-state index is 6.20. The van der Waals surface area contributed by atoms with Crippen molar-refractivity contribution in [1.29, 1.82) is 0 Å². The molecule has 0 radical (unpaired) electrons. The highest BCUT2D eigenvalue weighted by Crippen LogP contribution is 2.30. The van der Waals surface area contributed by atoms with Crippen LogP contribution in [-0.4, -0.2) is 15.0 Å². The van der Waals surface area contributed by atoms with Gasteiger partial charge >= 0.3 is 0 Å². The topological polar surface area (TPSA) is 67.6 Å². The lowest BCUT2D eigenvalue weighted by atomic mass is 10.0. The molecule has 0 atom stereocenters. The second kappa shape index (κ2) is 4.31. The molecule has 0 amide bonds. The molecule has 0 unspecified atom stereocenters. The lowest BCUT2D eigenvalue weighted by Gasteiger charge is -2.05. The van der Waals surface area contributed by atoms with Gasteiger partial charge in [-0.15, -0.1) is 0 Å². The Morgan fingerprint density at radius 1 is 1.05 bits per heavy atom. The summed E-state index contributed by atoms with van der Waals surface area (Å²) in [5, 5.41) is 2.27. The number of aromatic amines is 1. The highest BCUT2D eigenvalue weighted by molar-refractivity contribution is 5.93. The summed E-state index contributed by atoms with van der Waals surface area (Å²) in [6.45, 7) is 2.04. The van der Waals surface area contributed by atoms with Crippen molar-refractivity contribution in [1.82, 2.24) is 15.0 Å². The number of hydrogen-bond acceptors (Lipinski definition) is 3. The third kappa shape index (κ3) is 1.84. The first-order valence-corrected chi connectivity index (χ1v) is 6.82. The van der Waals surface area contributed by atoms with Crippen molar-refractivity contribution in [3.05, 3.63) is 54.2 Å². The monoisotopic (exact) mass is 274 g/mol. The Kier molecular flexibility index (Phi) is 2.44. The van der Waals surface area contributed by atoms with Gasteiger partial charge in [0.15, 0.2) is 5.65 Å². The molecule has 4 aromatic rings. The molecule has 0 fully saturated rings. The van der Waals surface area contributed by atoms with Crippen molar-refractivity contribution in [2.45, 2.75) is 6.92 Å². The van der Waals surface area contributed by atoms with Crippen molar-refractivity contribution >= 4 is 27.6 Å². The summed E-state index contributed by atoms with van der Waals surface area (Å²) < 4.78 is 0. The summed E-state index contributed by atoms with van der Waals surface area (Å²) in [7, 11) is 0. The summed E-state index contributed by atoms with van der Waals surface area (Å²) in [6.07, 6.45) is 1.77. The molecular formula is C17H14N4. The van der Waals surface area contributed by atoms with Crippen LogP contribution in [0.5, 0.6) is 0 Å². The zero-order valence-corrected chi connectivity index (χ0v) is 11.6. The summed E-state index contributed by atoms with van der Waals surface area (Å²) in [6, 6.07) is 14.2. The van der Waals surface area contributed by atoms with Crippen LogP contribution in [0.2, 0.25) is 0 Å². The van der Waals surface area contributed by atoms with Gasteiger partial charge in [-0.3, -0.25) is 0 Å². The maximum Gasteiger partial charge on any atom is 0.178 e. The number of aromatic nitrogens is 3. The van der Waals surface area contributed by atoms with E-state index in [-0.39, 0.29) is 0 Å². The van der Waals surface area contributed by atoms with E-state index in [0.717, 1.165) is 38.9 Å². The van der Waals surface area contributed by atoms with E-state index in [1.54, 1.807) is 6.20 Å². The molecule has 2 heterocycles. The van der Waals surface area contributed by atoms with E-state index in [2.05, 4.69) is 33.2 Å². The second-order valence-electron chi connectivity index (χ2n) is 5.20. The zero-order valence-electron chi connectivity index (χ0n) is 11.6. The number of pyridine rings is 1. The Labute approximate surface area is 121 Å². The molecule has 21 heavy (non-hydrogen) atoms. The molecule has 4 rings (SSSR count). The molecule has 3 N–H and O–H groups in total. The number of nitrogens with zero attached hydrogens (tertiary/aromatic N) is 2. The average Bonchev–Trinajstić information content (AvgIpc) is 2.92. The van der Waals surface area contributed by atoms with Gasteiger partial charge in [-0.25, -0.2) is 9.97 Å². The van der Waals surface area contributed by atoms with E-state index >= 15 is 0 Å². The van der Waals surface area contributed by atoms with Crippen LogP contribution in [0.3, 0.4) is 0 Å². The summed E-state index contributed by atoms with van der Waals surface area (Å²) >= 11 is 0. The number of fused-ring (bicyclic) bond motifs is 2. The number of anilines is 1. The van der Waals surface area contributed by atoms with E-state index in [1.165, 1.54) is 0 Å². The van der Waals surface area contributed by atoms with Gasteiger partial charge in [-0.1, -0.05) is 24.3 Å². The molecule has 4 heteroatoms. The Balaban J connectivity index is 1.99. The second-order valence-corrected chi connectivity index (χ2v) is 5.20. The van der Waals surface area contributed by atoms with E-state index in [0.29, 0.717) is 5.69 Å². The standard InChI is InChI=1S/C17H14N4/c1-10-6-7-19-17-15(10)20-16(21-17)13-8-11-4-2-3-5-12(11)9-14(13)18/h2-9H,18H2,1H3,(H,19,20,21). The Hall–Kier alpha value is -2.88. The van der Waals surface area contributed by atoms with Crippen LogP contribution >= 0.6 is 0 Å². The predicted octanol–water partition coefficient (Wildman–Crippen LogP) is 3.67. The van der Waals surface area contributed by atoms with Crippen molar-refractivity contribution in [3.63, 3.8) is 0 Å². The minimum Gasteiger partial charge on any atom is -0.398 e. The zero-order chi connectivity index (χ0) is 14.4. The average molecular weight is 274 g/mol. The minimum atomic E-state index is 0.713. The molecule has 102 valence electrons. The fourth-order valence-corrected chi connectivity index (χ4v) is 2.63. The Morgan fingerprint density at radius 2 is 1.81 bits per heavy atom. The molecular weight excluding hydrogens is 260 g/mol. The van der Waals surface area contributed by atoms with Crippen molar-refractivity contribution < 1.29 is 0 Å². The summed E-state index contributed by atoms with van der Waals surface area (Å²) in [5.74, 6) is 0.759. The van der Waals surface area contributed by atoms with Crippen molar-refractivity contribution in [3.8, 4) is 11.4 Å². The lowest BCUT2D eigenvalue weighted by Crippen LogP contribution is -1.92. The highest BCUT2D eigenvalue weighted by atomic mass is 15.0. The number of nitrogens with one attached hydrogen (secondary N) is 1. The van der Waals surface area contributed by atoms with Gasteiger partial charge < -0.3 is 10.7 Å². The van der Waals surface area contributed by atoms with E-state index in [9.17, 15) is 0 Å². The SMILES string of the molecule is Cc1ccnc2nc(-c3cc4ccccc4cc3N)[nH]c12. The van der Waals surface area contributed by atoms with Gasteiger partial charge in [0, 0.05) is 17.4 Å². The fraction of sp³-hybridized carbons (Fsp3) is 0.0588. The first-order valence-electron chi connectivity index (χ1n) is 6.82. The first-order chi connectivity index (χ1) is 10.2. The number of nitrogens with two attached hydrogens (primary N) is 1. The molecule has 0 aliphatic carbocycles. The van der Waals surface area contributed by atoms with Crippen LogP contribution in [-0.2, 0) is 0 Å². The Bertz CT molecular complexity index is 969. The highest BCUT2D eigenvalue weighted by Gasteiger charge is 2.11. The van der Waals surface area contributed by atoms with Crippen LogP contribution in [0.15, 0.2) is 48.7 Å². The molecule has 0 spiro atoms. The van der Waals surface area contributed by atoms with Crippen LogP contribution in [0, 0.1) is 6.92 Å². The van der Waals surface area contributed by atoms with Crippen molar-refractivity contribution in [2.24, 2.45) is 0 Å². The van der Waals surface area contributed by atoms with Crippen LogP contribution in [0.1, 0.15) is 5.56 Å². The first kappa shape index (κ1) is 11.9. The molecule has 2 aromatic carbocycles. The number of hydrogen-bond donors (Lipinski definition) is 2. The van der Waals surface area contributed by atoms with Gasteiger partial charge in [-0.2, -0.15) is 0 Å². The maximum absolute atomic E-state index is 6.20. The molecule has 0 saturated carbocycles. The normalized spacial score (nSPS) is 11.3. The van der Waals surface area contributed by atoms with Gasteiger partial charge in [0.2, 0.25) is 0 Å². The predicted molar refractivity (Wildman–Crippen MR) is 86.0 cm³/mol. The number of H-pyrrole nitrogens is 1. The van der Waals surface area contributed by atoms with E-state index in [4.69, 9.17) is 5.73 Å². The fourth-order valence-electron chi connectivity index (χ4n) is 2.63. The number of aryl methyl sites for hydroxylation is 1. The molecule has 4 nitrogen and oxygen atoms in total. The van der Waals surface area contributed by atoms with Gasteiger partial charge in [0.25, 0.3) is 0 Å². The third-order valence-corrected chi connectivity index (χ3v) is 3.77. The molecule has 2 aromatic heterocycles. The number of rotatable bonds is 1. The van der Waals surface area contributed by atoms with Gasteiger partial charge in [0.05, 0.1) is 5.52 Å². The summed E-state index contributed by atoms with van der Waals surface area (Å²) in [5.41, 5.74) is 10.6. The molecule has 0 aliphatic heterocycles. The number of imidazole rings is 1. The van der Waals surface area contributed by atoms with Gasteiger partial charge in [-0.05, 0) is 41.5 Å². The van der Waals surface area contributed by atoms with Crippen LogP contribution < -0.4 is 5.73 Å². The molecule has 0 bridgehead atoms.